The van der Waals surface area contributed by atoms with Gasteiger partial charge in [0.05, 0.1) is 30.6 Å². The fourth-order valence-corrected chi connectivity index (χ4v) is 4.15. The molecule has 3 aromatic rings. The minimum Gasteiger partial charge on any atom is -0.391 e. The van der Waals surface area contributed by atoms with Gasteiger partial charge in [0, 0.05) is 55.5 Å². The van der Waals surface area contributed by atoms with Gasteiger partial charge < -0.3 is 25.0 Å². The number of pyridine rings is 1. The number of hydrogen-bond donors (Lipinski definition) is 2. The molecule has 33 heavy (non-hydrogen) atoms. The number of morpholine rings is 1. The summed E-state index contributed by atoms with van der Waals surface area (Å²) in [4.78, 5) is 17.7. The van der Waals surface area contributed by atoms with E-state index < -0.39 is 0 Å². The van der Waals surface area contributed by atoms with E-state index >= 15 is 0 Å². The number of aliphatic hydroxyl groups excluding tert-OH is 1. The van der Waals surface area contributed by atoms with Crippen LogP contribution < -0.4 is 15.1 Å². The van der Waals surface area contributed by atoms with Crippen molar-refractivity contribution in [2.75, 3.05) is 54.5 Å². The van der Waals surface area contributed by atoms with Gasteiger partial charge in [-0.15, -0.1) is 0 Å². The summed E-state index contributed by atoms with van der Waals surface area (Å²) in [6.45, 7) is 4.48. The molecule has 0 amide bonds. The molecular formula is C24H25N7O2. The molecule has 2 saturated heterocycles. The highest BCUT2D eigenvalue weighted by atomic mass is 16.5. The van der Waals surface area contributed by atoms with Crippen LogP contribution >= 0.6 is 0 Å². The molecule has 4 heterocycles. The quantitative estimate of drug-likeness (QED) is 0.615. The van der Waals surface area contributed by atoms with Crippen molar-refractivity contribution in [3.05, 3.63) is 54.4 Å². The van der Waals surface area contributed by atoms with E-state index in [1.165, 1.54) is 5.69 Å². The van der Waals surface area contributed by atoms with E-state index in [-0.39, 0.29) is 6.10 Å². The normalized spacial score (nSPS) is 18.2. The van der Waals surface area contributed by atoms with Crippen molar-refractivity contribution >= 4 is 23.1 Å². The summed E-state index contributed by atoms with van der Waals surface area (Å²) in [6.07, 6.45) is 3.70. The number of anilines is 4. The number of nitrogens with zero attached hydrogens (tertiary/aromatic N) is 6. The average Bonchev–Trinajstić information content (AvgIpc) is 3.31. The molecule has 0 saturated carbocycles. The first-order chi connectivity index (χ1) is 16.2. The molecule has 1 aromatic carbocycles. The molecular weight excluding hydrogens is 418 g/mol. The summed E-state index contributed by atoms with van der Waals surface area (Å²) in [6, 6.07) is 14.0. The Morgan fingerprint density at radius 1 is 1.06 bits per heavy atom. The fraction of sp³-hybridized carbons (Fsp3) is 0.333. The van der Waals surface area contributed by atoms with Crippen molar-refractivity contribution in [1.82, 2.24) is 15.0 Å². The molecule has 0 bridgehead atoms. The van der Waals surface area contributed by atoms with E-state index in [1.54, 1.807) is 24.5 Å². The van der Waals surface area contributed by atoms with Gasteiger partial charge in [-0.3, -0.25) is 0 Å². The lowest BCUT2D eigenvalue weighted by molar-refractivity contribution is 0.122. The second-order valence-electron chi connectivity index (χ2n) is 8.13. The summed E-state index contributed by atoms with van der Waals surface area (Å²) < 4.78 is 5.42. The van der Waals surface area contributed by atoms with E-state index in [9.17, 15) is 10.4 Å². The third-order valence-corrected chi connectivity index (χ3v) is 5.90. The standard InChI is InChI=1S/C24H25N7O2/c25-14-17-13-18(15-27-23(17)31-8-6-21(32)16-31)22-5-7-26-24(29-22)28-19-1-3-20(4-2-19)30-9-11-33-12-10-30/h1-5,7,13,15,21,32H,6,8-12,16H2,(H,26,28,29). The first-order valence-electron chi connectivity index (χ1n) is 11.1. The molecule has 0 radical (unpaired) electrons. The zero-order valence-corrected chi connectivity index (χ0v) is 18.2. The summed E-state index contributed by atoms with van der Waals surface area (Å²) in [5.74, 6) is 1.07. The van der Waals surface area contributed by atoms with Crippen LogP contribution in [0.5, 0.6) is 0 Å². The SMILES string of the molecule is N#Cc1cc(-c2ccnc(Nc3ccc(N4CCOCC4)cc3)n2)cnc1N1CCC(O)C1. The molecule has 2 aromatic heterocycles. The number of nitrogens with one attached hydrogen (secondary N) is 1. The van der Waals surface area contributed by atoms with Crippen molar-refractivity contribution in [3.63, 3.8) is 0 Å². The molecule has 2 aliphatic rings. The number of benzene rings is 1. The highest BCUT2D eigenvalue weighted by Crippen LogP contribution is 2.27. The zero-order chi connectivity index (χ0) is 22.6. The Kier molecular flexibility index (Phi) is 6.02. The third kappa shape index (κ3) is 4.72. The molecule has 5 rings (SSSR count). The molecule has 2 fully saturated rings. The van der Waals surface area contributed by atoms with Gasteiger partial charge in [-0.25, -0.2) is 15.0 Å². The van der Waals surface area contributed by atoms with E-state index in [2.05, 4.69) is 43.4 Å². The van der Waals surface area contributed by atoms with Gasteiger partial charge in [-0.2, -0.15) is 5.26 Å². The van der Waals surface area contributed by atoms with Crippen LogP contribution in [0.2, 0.25) is 0 Å². The van der Waals surface area contributed by atoms with Gasteiger partial charge >= 0.3 is 0 Å². The van der Waals surface area contributed by atoms with Crippen molar-refractivity contribution < 1.29 is 9.84 Å². The first-order valence-corrected chi connectivity index (χ1v) is 11.1. The number of hydrogen-bond acceptors (Lipinski definition) is 9. The van der Waals surface area contributed by atoms with Crippen molar-refractivity contribution in [1.29, 1.82) is 5.26 Å². The number of aromatic nitrogens is 3. The lowest BCUT2D eigenvalue weighted by atomic mass is 10.1. The van der Waals surface area contributed by atoms with E-state index in [0.717, 1.165) is 37.6 Å². The second-order valence-corrected chi connectivity index (χ2v) is 8.13. The van der Waals surface area contributed by atoms with Crippen LogP contribution in [-0.4, -0.2) is 65.6 Å². The highest BCUT2D eigenvalue weighted by molar-refractivity contribution is 5.67. The average molecular weight is 444 g/mol. The fourth-order valence-electron chi connectivity index (χ4n) is 4.15. The van der Waals surface area contributed by atoms with E-state index in [0.29, 0.717) is 42.5 Å². The van der Waals surface area contributed by atoms with Crippen LogP contribution in [0.1, 0.15) is 12.0 Å². The van der Waals surface area contributed by atoms with Crippen molar-refractivity contribution in [2.24, 2.45) is 0 Å². The monoisotopic (exact) mass is 443 g/mol. The Morgan fingerprint density at radius 3 is 2.61 bits per heavy atom. The van der Waals surface area contributed by atoms with Crippen LogP contribution in [0.4, 0.5) is 23.1 Å². The maximum atomic E-state index is 9.81. The second kappa shape index (κ2) is 9.40. The van der Waals surface area contributed by atoms with Crippen LogP contribution in [-0.2, 0) is 4.74 Å². The third-order valence-electron chi connectivity index (χ3n) is 5.90. The number of β-amino-alcohol motifs (C(OH)–C–C–N with tert-alkyl or cyclic N) is 1. The van der Waals surface area contributed by atoms with Gasteiger partial charge in [0.2, 0.25) is 5.95 Å². The Balaban J connectivity index is 1.32. The van der Waals surface area contributed by atoms with Crippen LogP contribution in [0, 0.1) is 11.3 Å². The van der Waals surface area contributed by atoms with Gasteiger partial charge in [0.1, 0.15) is 11.9 Å². The minimum atomic E-state index is -0.378. The number of nitriles is 1. The maximum Gasteiger partial charge on any atom is 0.227 e. The molecule has 0 aliphatic carbocycles. The Hall–Kier alpha value is -3.74. The van der Waals surface area contributed by atoms with E-state index in [1.807, 2.05) is 17.0 Å². The lowest BCUT2D eigenvalue weighted by Crippen LogP contribution is -2.36. The number of ether oxygens (including phenoxy) is 1. The molecule has 2 aliphatic heterocycles. The Morgan fingerprint density at radius 2 is 1.88 bits per heavy atom. The number of aliphatic hydroxyl groups is 1. The summed E-state index contributed by atoms with van der Waals surface area (Å²) in [5.41, 5.74) is 3.94. The van der Waals surface area contributed by atoms with Crippen LogP contribution in [0.3, 0.4) is 0 Å². The maximum absolute atomic E-state index is 9.81. The molecule has 168 valence electrons. The van der Waals surface area contributed by atoms with Gasteiger partial charge in [0.25, 0.3) is 0 Å². The molecule has 2 N–H and O–H groups in total. The van der Waals surface area contributed by atoms with Crippen molar-refractivity contribution in [3.8, 4) is 17.3 Å². The van der Waals surface area contributed by atoms with E-state index in [4.69, 9.17) is 4.74 Å². The summed E-state index contributed by atoms with van der Waals surface area (Å²) >= 11 is 0. The zero-order valence-electron chi connectivity index (χ0n) is 18.2. The van der Waals surface area contributed by atoms with Crippen LogP contribution in [0.15, 0.2) is 48.8 Å². The topological polar surface area (TPSA) is 110 Å². The van der Waals surface area contributed by atoms with Gasteiger partial charge in [-0.05, 0) is 42.8 Å². The van der Waals surface area contributed by atoms with Gasteiger partial charge in [-0.1, -0.05) is 0 Å². The smallest absolute Gasteiger partial charge is 0.227 e. The molecule has 9 nitrogen and oxygen atoms in total. The molecule has 1 unspecified atom stereocenters. The van der Waals surface area contributed by atoms with Crippen LogP contribution in [0.25, 0.3) is 11.3 Å². The predicted octanol–water partition coefficient (Wildman–Crippen LogP) is 2.56. The molecule has 0 spiro atoms. The highest BCUT2D eigenvalue weighted by Gasteiger charge is 2.24. The van der Waals surface area contributed by atoms with Gasteiger partial charge in [0.15, 0.2) is 0 Å². The summed E-state index contributed by atoms with van der Waals surface area (Å²) in [5, 5.41) is 22.7. The Bertz CT molecular complexity index is 1160. The minimum absolute atomic E-state index is 0.378. The molecule has 9 heteroatoms. The largest absolute Gasteiger partial charge is 0.391 e. The predicted molar refractivity (Wildman–Crippen MR) is 126 cm³/mol. The Labute approximate surface area is 192 Å². The first kappa shape index (κ1) is 21.1. The van der Waals surface area contributed by atoms with Crippen molar-refractivity contribution in [2.45, 2.75) is 12.5 Å². The summed E-state index contributed by atoms with van der Waals surface area (Å²) in [7, 11) is 0. The molecule has 1 atom stereocenters. The lowest BCUT2D eigenvalue weighted by Gasteiger charge is -2.28. The number of rotatable bonds is 5.